The molecule has 0 bridgehead atoms. The largest absolute Gasteiger partial charge is 0.451 e. The molecule has 0 aliphatic rings. The first-order valence-electron chi connectivity index (χ1n) is 3.30. The molecule has 1 rings (SSSR count). The van der Waals surface area contributed by atoms with Gasteiger partial charge in [0, 0.05) is 0 Å². The Hall–Kier alpha value is -0.390. The number of rotatable bonds is 2. The summed E-state index contributed by atoms with van der Waals surface area (Å²) in [7, 11) is 0. The predicted octanol–water partition coefficient (Wildman–Crippen LogP) is 3.36. The van der Waals surface area contributed by atoms with Crippen LogP contribution in [0.5, 0.6) is 5.75 Å². The van der Waals surface area contributed by atoms with Gasteiger partial charge in [-0.05, 0) is 19.1 Å². The standard InChI is InChI=1S/C8H7F2IO/c1-6-2-4-7(5-3-6)12-8(9,10)11/h2-5H,1H3. The second-order valence-corrected chi connectivity index (χ2v) is 3.62. The highest BCUT2D eigenvalue weighted by molar-refractivity contribution is 14.1. The molecule has 1 nitrogen and oxygen atoms in total. The average molecular weight is 284 g/mol. The van der Waals surface area contributed by atoms with Gasteiger partial charge in [0.2, 0.25) is 0 Å². The molecule has 12 heavy (non-hydrogen) atoms. The van der Waals surface area contributed by atoms with Gasteiger partial charge in [-0.25, -0.2) is 0 Å². The lowest BCUT2D eigenvalue weighted by Gasteiger charge is -2.10. The van der Waals surface area contributed by atoms with Gasteiger partial charge in [0.1, 0.15) is 5.75 Å². The van der Waals surface area contributed by atoms with Crippen molar-refractivity contribution in [3.05, 3.63) is 29.8 Å². The molecule has 0 aromatic heterocycles. The van der Waals surface area contributed by atoms with Crippen LogP contribution in [-0.4, -0.2) is 4.12 Å². The number of alkyl halides is 3. The first-order chi connectivity index (χ1) is 5.47. The van der Waals surface area contributed by atoms with E-state index >= 15 is 0 Å². The van der Waals surface area contributed by atoms with Gasteiger partial charge < -0.3 is 4.74 Å². The second-order valence-electron chi connectivity index (χ2n) is 2.36. The van der Waals surface area contributed by atoms with Crippen LogP contribution in [0.4, 0.5) is 8.78 Å². The molecule has 0 unspecified atom stereocenters. The van der Waals surface area contributed by atoms with E-state index in [2.05, 4.69) is 4.74 Å². The van der Waals surface area contributed by atoms with Crippen LogP contribution in [0.2, 0.25) is 0 Å². The topological polar surface area (TPSA) is 9.23 Å². The van der Waals surface area contributed by atoms with Crippen LogP contribution in [0.15, 0.2) is 24.3 Å². The van der Waals surface area contributed by atoms with E-state index in [1.54, 1.807) is 12.1 Å². The van der Waals surface area contributed by atoms with Crippen molar-refractivity contribution in [1.82, 2.24) is 0 Å². The molecule has 0 amide bonds. The van der Waals surface area contributed by atoms with Crippen LogP contribution in [-0.2, 0) is 0 Å². The third kappa shape index (κ3) is 3.34. The lowest BCUT2D eigenvalue weighted by molar-refractivity contribution is -0.0691. The van der Waals surface area contributed by atoms with Gasteiger partial charge in [-0.2, -0.15) is 8.78 Å². The maximum absolute atomic E-state index is 12.3. The molecule has 4 heteroatoms. The molecule has 0 aliphatic carbocycles. The molecule has 0 heterocycles. The zero-order chi connectivity index (χ0) is 9.19. The molecule has 0 spiro atoms. The number of hydrogen-bond acceptors (Lipinski definition) is 1. The van der Waals surface area contributed by atoms with Gasteiger partial charge in [-0.15, -0.1) is 0 Å². The molecule has 0 atom stereocenters. The van der Waals surface area contributed by atoms with Gasteiger partial charge >= 0.3 is 4.12 Å². The molecule has 0 saturated heterocycles. The van der Waals surface area contributed by atoms with E-state index < -0.39 is 4.12 Å². The summed E-state index contributed by atoms with van der Waals surface area (Å²) in [5.74, 6) is 0.181. The zero-order valence-corrected chi connectivity index (χ0v) is 8.51. The second kappa shape index (κ2) is 3.55. The number of benzene rings is 1. The van der Waals surface area contributed by atoms with Crippen molar-refractivity contribution in [2.45, 2.75) is 11.0 Å². The van der Waals surface area contributed by atoms with Crippen LogP contribution >= 0.6 is 22.6 Å². The van der Waals surface area contributed by atoms with Crippen LogP contribution in [0, 0.1) is 6.92 Å². The summed E-state index contributed by atoms with van der Waals surface area (Å²) in [5, 5.41) is 0. The van der Waals surface area contributed by atoms with Gasteiger partial charge in [0.15, 0.2) is 0 Å². The van der Waals surface area contributed by atoms with Crippen molar-refractivity contribution in [2.75, 3.05) is 0 Å². The number of hydrogen-bond donors (Lipinski definition) is 0. The summed E-state index contributed by atoms with van der Waals surface area (Å²) in [6, 6.07) is 6.47. The molecule has 0 fully saturated rings. The Bertz CT molecular complexity index is 253. The van der Waals surface area contributed by atoms with Crippen molar-refractivity contribution in [1.29, 1.82) is 0 Å². The fraction of sp³-hybridized carbons (Fsp3) is 0.250. The minimum atomic E-state index is -3.13. The summed E-state index contributed by atoms with van der Waals surface area (Å²) >= 11 is 0.933. The first-order valence-corrected chi connectivity index (χ1v) is 4.38. The number of halogens is 3. The van der Waals surface area contributed by atoms with E-state index in [1.807, 2.05) is 6.92 Å². The highest BCUT2D eigenvalue weighted by atomic mass is 127. The highest BCUT2D eigenvalue weighted by Crippen LogP contribution is 2.27. The maximum Gasteiger partial charge on any atom is 0.451 e. The van der Waals surface area contributed by atoms with E-state index in [4.69, 9.17) is 0 Å². The first kappa shape index (κ1) is 9.70. The van der Waals surface area contributed by atoms with Crippen LogP contribution < -0.4 is 4.74 Å². The summed E-state index contributed by atoms with van der Waals surface area (Å²) in [6.07, 6.45) is 0. The third-order valence-corrected chi connectivity index (χ3v) is 1.47. The van der Waals surface area contributed by atoms with Crippen LogP contribution in [0.1, 0.15) is 5.56 Å². The molecular formula is C8H7F2IO. The molecular weight excluding hydrogens is 277 g/mol. The van der Waals surface area contributed by atoms with Crippen LogP contribution in [0.3, 0.4) is 0 Å². The Labute approximate surface area is 82.9 Å². The van der Waals surface area contributed by atoms with Crippen molar-refractivity contribution < 1.29 is 13.5 Å². The van der Waals surface area contributed by atoms with Crippen molar-refractivity contribution >= 4 is 22.6 Å². The molecule has 0 aliphatic heterocycles. The molecule has 0 radical (unpaired) electrons. The van der Waals surface area contributed by atoms with Gasteiger partial charge in [0.25, 0.3) is 0 Å². The molecule has 1 aromatic carbocycles. The molecule has 1 aromatic rings. The summed E-state index contributed by atoms with van der Waals surface area (Å²) in [5.41, 5.74) is 1.01. The van der Waals surface area contributed by atoms with Gasteiger partial charge in [0.05, 0.1) is 22.6 Å². The number of ether oxygens (including phenoxy) is 1. The summed E-state index contributed by atoms with van der Waals surface area (Å²) in [4.78, 5) is 0. The van der Waals surface area contributed by atoms with E-state index in [1.165, 1.54) is 12.1 Å². The Morgan fingerprint density at radius 1 is 1.25 bits per heavy atom. The predicted molar refractivity (Wildman–Crippen MR) is 50.8 cm³/mol. The number of aryl methyl sites for hydroxylation is 1. The van der Waals surface area contributed by atoms with E-state index in [-0.39, 0.29) is 5.75 Å². The van der Waals surface area contributed by atoms with Crippen molar-refractivity contribution in [3.63, 3.8) is 0 Å². The fourth-order valence-corrected chi connectivity index (χ4v) is 0.994. The lowest BCUT2D eigenvalue weighted by atomic mass is 10.2. The third-order valence-electron chi connectivity index (χ3n) is 1.25. The highest BCUT2D eigenvalue weighted by Gasteiger charge is 2.25. The summed E-state index contributed by atoms with van der Waals surface area (Å²) < 4.78 is 25.7. The molecule has 0 saturated carbocycles. The van der Waals surface area contributed by atoms with Crippen molar-refractivity contribution in [2.24, 2.45) is 0 Å². The molecule has 66 valence electrons. The van der Waals surface area contributed by atoms with Crippen molar-refractivity contribution in [3.8, 4) is 5.75 Å². The van der Waals surface area contributed by atoms with Gasteiger partial charge in [-0.3, -0.25) is 0 Å². The zero-order valence-electron chi connectivity index (χ0n) is 6.35. The Morgan fingerprint density at radius 3 is 2.17 bits per heavy atom. The molecule has 0 N–H and O–H groups in total. The monoisotopic (exact) mass is 284 g/mol. The Morgan fingerprint density at radius 2 is 1.75 bits per heavy atom. The van der Waals surface area contributed by atoms with E-state index in [9.17, 15) is 8.78 Å². The smallest absolute Gasteiger partial charge is 0.425 e. The minimum absolute atomic E-state index is 0.181. The van der Waals surface area contributed by atoms with E-state index in [0.717, 1.165) is 28.2 Å². The quantitative estimate of drug-likeness (QED) is 0.597. The van der Waals surface area contributed by atoms with Gasteiger partial charge in [-0.1, -0.05) is 17.7 Å². The fourth-order valence-electron chi connectivity index (χ4n) is 0.740. The average Bonchev–Trinajstić information content (AvgIpc) is 1.91. The van der Waals surface area contributed by atoms with E-state index in [0.29, 0.717) is 0 Å². The Balaban J connectivity index is 2.71. The Kier molecular flexibility index (Phi) is 2.87. The lowest BCUT2D eigenvalue weighted by Crippen LogP contribution is -2.14. The SMILES string of the molecule is Cc1ccc(OC(F)(F)I)cc1. The maximum atomic E-state index is 12.3. The normalized spacial score (nSPS) is 11.3. The summed E-state index contributed by atoms with van der Waals surface area (Å²) in [6.45, 7) is 1.88. The minimum Gasteiger partial charge on any atom is -0.425 e. The van der Waals surface area contributed by atoms with Crippen LogP contribution in [0.25, 0.3) is 0 Å².